The molecule has 1 heterocycles. The van der Waals surface area contributed by atoms with Crippen molar-refractivity contribution in [2.24, 2.45) is 5.73 Å². The van der Waals surface area contributed by atoms with Crippen LogP contribution < -0.4 is 5.73 Å². The molecule has 2 heteroatoms. The second kappa shape index (κ2) is 5.71. The van der Waals surface area contributed by atoms with Gasteiger partial charge in [0.15, 0.2) is 0 Å². The highest BCUT2D eigenvalue weighted by Gasteiger charge is 2.40. The number of nitrogens with two attached hydrogens (primary N) is 1. The molecule has 2 aromatic rings. The first-order chi connectivity index (χ1) is 9.72. The quantitative estimate of drug-likeness (QED) is 0.847. The van der Waals surface area contributed by atoms with Crippen molar-refractivity contribution >= 4 is 11.3 Å². The van der Waals surface area contributed by atoms with Crippen LogP contribution in [0.5, 0.6) is 0 Å². The molecule has 1 aromatic carbocycles. The van der Waals surface area contributed by atoms with Gasteiger partial charge in [0.05, 0.1) is 0 Å². The lowest BCUT2D eigenvalue weighted by atomic mass is 9.65. The van der Waals surface area contributed by atoms with E-state index in [-0.39, 0.29) is 11.5 Å². The summed E-state index contributed by atoms with van der Waals surface area (Å²) in [5, 5.41) is 0. The van der Waals surface area contributed by atoms with Crippen LogP contribution in [0.4, 0.5) is 0 Å². The Morgan fingerprint density at radius 2 is 1.70 bits per heavy atom. The number of aryl methyl sites for hydroxylation is 1. The molecule has 0 bridgehead atoms. The van der Waals surface area contributed by atoms with Crippen LogP contribution in [0.3, 0.4) is 0 Å². The summed E-state index contributed by atoms with van der Waals surface area (Å²) in [4.78, 5) is 2.70. The Labute approximate surface area is 125 Å². The second-order valence-corrected chi connectivity index (χ2v) is 7.33. The fraction of sp³-hybridized carbons (Fsp3) is 0.444. The van der Waals surface area contributed by atoms with Crippen LogP contribution in [0.1, 0.15) is 53.5 Å². The largest absolute Gasteiger partial charge is 0.323 e. The maximum Gasteiger partial charge on any atom is 0.0488 e. The molecule has 1 saturated carbocycles. The zero-order chi connectivity index (χ0) is 14.0. The molecule has 1 aliphatic carbocycles. The van der Waals surface area contributed by atoms with Crippen molar-refractivity contribution in [2.45, 2.75) is 50.5 Å². The van der Waals surface area contributed by atoms with Crippen LogP contribution in [-0.2, 0) is 5.41 Å². The molecule has 1 nitrogen and oxygen atoms in total. The smallest absolute Gasteiger partial charge is 0.0488 e. The van der Waals surface area contributed by atoms with Gasteiger partial charge in [0.1, 0.15) is 0 Å². The molecule has 106 valence electrons. The summed E-state index contributed by atoms with van der Waals surface area (Å²) in [5.74, 6) is 0. The SMILES string of the molecule is Cc1ccc(C(N)C2(c3ccccc3)CCCCC2)s1. The molecule has 0 aliphatic heterocycles. The van der Waals surface area contributed by atoms with E-state index in [2.05, 4.69) is 49.4 Å². The summed E-state index contributed by atoms with van der Waals surface area (Å²) in [6.45, 7) is 2.16. The fourth-order valence-electron chi connectivity index (χ4n) is 3.62. The number of thiophene rings is 1. The van der Waals surface area contributed by atoms with Gasteiger partial charge >= 0.3 is 0 Å². The Morgan fingerprint density at radius 1 is 1.00 bits per heavy atom. The zero-order valence-corrected chi connectivity index (χ0v) is 13.0. The molecule has 1 atom stereocenters. The molecule has 3 rings (SSSR count). The Kier molecular flexibility index (Phi) is 3.95. The summed E-state index contributed by atoms with van der Waals surface area (Å²) in [6, 6.07) is 15.5. The van der Waals surface area contributed by atoms with Gasteiger partial charge in [-0.15, -0.1) is 11.3 Å². The van der Waals surface area contributed by atoms with E-state index >= 15 is 0 Å². The minimum atomic E-state index is 0.129. The maximum absolute atomic E-state index is 6.76. The third-order valence-corrected chi connectivity index (χ3v) is 5.84. The van der Waals surface area contributed by atoms with E-state index in [1.54, 1.807) is 0 Å². The molecule has 1 aliphatic rings. The van der Waals surface area contributed by atoms with Crippen molar-refractivity contribution in [1.29, 1.82) is 0 Å². The Hall–Kier alpha value is -1.12. The van der Waals surface area contributed by atoms with Crippen LogP contribution in [0.25, 0.3) is 0 Å². The van der Waals surface area contributed by atoms with E-state index in [1.165, 1.54) is 47.4 Å². The van der Waals surface area contributed by atoms with Gasteiger partial charge in [0.25, 0.3) is 0 Å². The predicted octanol–water partition coefficient (Wildman–Crippen LogP) is 4.96. The van der Waals surface area contributed by atoms with Gasteiger partial charge in [-0.25, -0.2) is 0 Å². The van der Waals surface area contributed by atoms with Crippen molar-refractivity contribution < 1.29 is 0 Å². The van der Waals surface area contributed by atoms with E-state index in [9.17, 15) is 0 Å². The van der Waals surface area contributed by atoms with Crippen LogP contribution in [0, 0.1) is 6.92 Å². The van der Waals surface area contributed by atoms with Gasteiger partial charge in [0, 0.05) is 21.2 Å². The van der Waals surface area contributed by atoms with Crippen molar-refractivity contribution in [1.82, 2.24) is 0 Å². The molecule has 2 N–H and O–H groups in total. The molecule has 1 fully saturated rings. The number of hydrogen-bond acceptors (Lipinski definition) is 2. The molecular formula is C18H23NS. The lowest BCUT2D eigenvalue weighted by molar-refractivity contribution is 0.246. The zero-order valence-electron chi connectivity index (χ0n) is 12.1. The highest BCUT2D eigenvalue weighted by atomic mass is 32.1. The summed E-state index contributed by atoms with van der Waals surface area (Å²) >= 11 is 1.86. The molecule has 0 radical (unpaired) electrons. The molecule has 1 aromatic heterocycles. The summed E-state index contributed by atoms with van der Waals surface area (Å²) in [6.07, 6.45) is 6.38. The molecule has 0 amide bonds. The van der Waals surface area contributed by atoms with Gasteiger partial charge in [-0.05, 0) is 37.5 Å². The van der Waals surface area contributed by atoms with E-state index in [0.717, 1.165) is 0 Å². The van der Waals surface area contributed by atoms with E-state index in [4.69, 9.17) is 5.73 Å². The first-order valence-electron chi connectivity index (χ1n) is 7.60. The monoisotopic (exact) mass is 285 g/mol. The Morgan fingerprint density at radius 3 is 2.30 bits per heavy atom. The van der Waals surface area contributed by atoms with Gasteiger partial charge in [-0.1, -0.05) is 49.6 Å². The number of benzene rings is 1. The minimum Gasteiger partial charge on any atom is -0.323 e. The molecule has 1 unspecified atom stereocenters. The van der Waals surface area contributed by atoms with Crippen LogP contribution in [-0.4, -0.2) is 0 Å². The average molecular weight is 285 g/mol. The summed E-state index contributed by atoms with van der Waals surface area (Å²) < 4.78 is 0. The van der Waals surface area contributed by atoms with Gasteiger partial charge in [-0.2, -0.15) is 0 Å². The molecule has 0 spiro atoms. The third kappa shape index (κ3) is 2.43. The third-order valence-electron chi connectivity index (χ3n) is 4.76. The molecule has 0 saturated heterocycles. The second-order valence-electron chi connectivity index (χ2n) is 6.01. The standard InChI is InChI=1S/C18H23NS/c1-14-10-11-16(20-14)17(19)18(12-6-3-7-13-18)15-8-4-2-5-9-15/h2,4-5,8-11,17H,3,6-7,12-13,19H2,1H3. The van der Waals surface area contributed by atoms with E-state index < -0.39 is 0 Å². The maximum atomic E-state index is 6.76. The summed E-state index contributed by atoms with van der Waals surface area (Å²) in [5.41, 5.74) is 8.33. The Balaban J connectivity index is 2.01. The van der Waals surface area contributed by atoms with E-state index in [0.29, 0.717) is 0 Å². The fourth-order valence-corrected chi connectivity index (χ4v) is 4.62. The van der Waals surface area contributed by atoms with E-state index in [1.807, 2.05) is 11.3 Å². The Bertz CT molecular complexity index is 552. The normalized spacial score (nSPS) is 19.7. The minimum absolute atomic E-state index is 0.129. The van der Waals surface area contributed by atoms with Crippen molar-refractivity contribution in [3.05, 3.63) is 57.8 Å². The van der Waals surface area contributed by atoms with Gasteiger partial charge in [-0.3, -0.25) is 0 Å². The van der Waals surface area contributed by atoms with Gasteiger partial charge in [0.2, 0.25) is 0 Å². The van der Waals surface area contributed by atoms with Crippen molar-refractivity contribution in [2.75, 3.05) is 0 Å². The average Bonchev–Trinajstić information content (AvgIpc) is 2.94. The summed E-state index contributed by atoms with van der Waals surface area (Å²) in [7, 11) is 0. The highest BCUT2D eigenvalue weighted by molar-refractivity contribution is 7.12. The van der Waals surface area contributed by atoms with Crippen molar-refractivity contribution in [3.8, 4) is 0 Å². The topological polar surface area (TPSA) is 26.0 Å². The van der Waals surface area contributed by atoms with Crippen LogP contribution in [0.15, 0.2) is 42.5 Å². The highest BCUT2D eigenvalue weighted by Crippen LogP contribution is 2.48. The van der Waals surface area contributed by atoms with Crippen molar-refractivity contribution in [3.63, 3.8) is 0 Å². The number of rotatable bonds is 3. The first kappa shape index (κ1) is 13.8. The lowest BCUT2D eigenvalue weighted by Crippen LogP contribution is -2.40. The van der Waals surface area contributed by atoms with Gasteiger partial charge < -0.3 is 5.73 Å². The number of hydrogen-bond donors (Lipinski definition) is 1. The van der Waals surface area contributed by atoms with Crippen LogP contribution in [0.2, 0.25) is 0 Å². The first-order valence-corrected chi connectivity index (χ1v) is 8.41. The molecule has 20 heavy (non-hydrogen) atoms. The predicted molar refractivity (Wildman–Crippen MR) is 87.2 cm³/mol. The van der Waals surface area contributed by atoms with Crippen LogP contribution >= 0.6 is 11.3 Å². The molecular weight excluding hydrogens is 262 g/mol. The lowest BCUT2D eigenvalue weighted by Gasteiger charge is -2.42.